The molecule has 0 saturated heterocycles. The Morgan fingerprint density at radius 3 is 2.44 bits per heavy atom. The highest BCUT2D eigenvalue weighted by Crippen LogP contribution is 2.38. The highest BCUT2D eigenvalue weighted by molar-refractivity contribution is 7.12. The maximum Gasteiger partial charge on any atom is 0.113 e. The first kappa shape index (κ1) is 10.7. The summed E-state index contributed by atoms with van der Waals surface area (Å²) in [7, 11) is 0. The first-order valence-corrected chi connectivity index (χ1v) is 7.37. The van der Waals surface area contributed by atoms with Crippen LogP contribution in [0.25, 0.3) is 0 Å². The Morgan fingerprint density at radius 1 is 1.00 bits per heavy atom. The Hall–Kier alpha value is -0.410. The van der Waals surface area contributed by atoms with Gasteiger partial charge in [-0.1, -0.05) is 25.7 Å². The van der Waals surface area contributed by atoms with E-state index < -0.39 is 0 Å². The topological polar surface area (TPSA) is 38.9 Å². The van der Waals surface area contributed by atoms with Crippen LogP contribution in [0.1, 0.15) is 60.5 Å². The summed E-state index contributed by atoms with van der Waals surface area (Å²) >= 11 is 1.90. The highest BCUT2D eigenvalue weighted by atomic mass is 32.1. The number of thiazole rings is 1. The van der Waals surface area contributed by atoms with Crippen LogP contribution in [0.2, 0.25) is 0 Å². The second kappa shape index (κ2) is 4.11. The van der Waals surface area contributed by atoms with E-state index in [1.54, 1.807) is 0 Å². The van der Waals surface area contributed by atoms with E-state index in [0.717, 1.165) is 12.8 Å². The van der Waals surface area contributed by atoms with Crippen LogP contribution in [0, 0.1) is 0 Å². The van der Waals surface area contributed by atoms with E-state index in [9.17, 15) is 0 Å². The fourth-order valence-corrected chi connectivity index (χ4v) is 4.29. The molecule has 3 heteroatoms. The smallest absolute Gasteiger partial charge is 0.113 e. The quantitative estimate of drug-likeness (QED) is 0.761. The van der Waals surface area contributed by atoms with Crippen molar-refractivity contribution in [3.63, 3.8) is 0 Å². The van der Waals surface area contributed by atoms with Gasteiger partial charge in [0.15, 0.2) is 0 Å². The zero-order valence-corrected chi connectivity index (χ0v) is 10.6. The van der Waals surface area contributed by atoms with Gasteiger partial charge in [-0.3, -0.25) is 0 Å². The lowest BCUT2D eigenvalue weighted by Gasteiger charge is -2.25. The van der Waals surface area contributed by atoms with Crippen molar-refractivity contribution in [2.75, 3.05) is 0 Å². The number of hydrogen-bond acceptors (Lipinski definition) is 3. The number of fused-ring (bicyclic) bond motifs is 1. The zero-order valence-electron chi connectivity index (χ0n) is 9.80. The van der Waals surface area contributed by atoms with Crippen LogP contribution in [0.15, 0.2) is 0 Å². The summed E-state index contributed by atoms with van der Waals surface area (Å²) in [5, 5.41) is 1.24. The lowest BCUT2D eigenvalue weighted by molar-refractivity contribution is 0.383. The maximum absolute atomic E-state index is 6.59. The van der Waals surface area contributed by atoms with Gasteiger partial charge < -0.3 is 5.73 Å². The minimum atomic E-state index is -0.0918. The van der Waals surface area contributed by atoms with Gasteiger partial charge in [0.05, 0.1) is 11.2 Å². The lowest BCUT2D eigenvalue weighted by Crippen LogP contribution is -2.35. The summed E-state index contributed by atoms with van der Waals surface area (Å²) in [6.07, 6.45) is 11.3. The molecule has 0 spiro atoms. The Bertz CT molecular complexity index is 354. The van der Waals surface area contributed by atoms with Crippen molar-refractivity contribution < 1.29 is 0 Å². The van der Waals surface area contributed by atoms with Gasteiger partial charge in [0.25, 0.3) is 0 Å². The standard InChI is InChI=1S/C13H20N2S/c14-13(8-3-1-2-4-9-13)12-15-10-6-5-7-11(10)16-12/h1-9,14H2. The highest BCUT2D eigenvalue weighted by Gasteiger charge is 2.33. The van der Waals surface area contributed by atoms with Crippen molar-refractivity contribution in [1.29, 1.82) is 0 Å². The minimum Gasteiger partial charge on any atom is -0.319 e. The second-order valence-electron chi connectivity index (χ2n) is 5.31. The molecule has 1 aromatic rings. The number of rotatable bonds is 1. The van der Waals surface area contributed by atoms with E-state index >= 15 is 0 Å². The summed E-state index contributed by atoms with van der Waals surface area (Å²) in [5.41, 5.74) is 7.85. The molecule has 2 N–H and O–H groups in total. The molecule has 1 fully saturated rings. The molecular weight excluding hydrogens is 216 g/mol. The normalized spacial score (nSPS) is 24.1. The molecule has 2 nitrogen and oxygen atoms in total. The Balaban J connectivity index is 1.88. The molecule has 1 saturated carbocycles. The third kappa shape index (κ3) is 1.80. The van der Waals surface area contributed by atoms with Crippen LogP contribution in [0.5, 0.6) is 0 Å². The van der Waals surface area contributed by atoms with Gasteiger partial charge in [-0.05, 0) is 32.1 Å². The average Bonchev–Trinajstić information content (AvgIpc) is 2.77. The molecule has 2 aliphatic rings. The lowest BCUT2D eigenvalue weighted by atomic mass is 9.92. The second-order valence-corrected chi connectivity index (χ2v) is 6.40. The fourth-order valence-electron chi connectivity index (χ4n) is 2.98. The Morgan fingerprint density at radius 2 is 1.75 bits per heavy atom. The van der Waals surface area contributed by atoms with E-state index in [4.69, 9.17) is 10.7 Å². The molecule has 1 heterocycles. The van der Waals surface area contributed by atoms with Crippen LogP contribution < -0.4 is 5.73 Å². The largest absolute Gasteiger partial charge is 0.319 e. The number of nitrogens with two attached hydrogens (primary N) is 1. The molecule has 0 unspecified atom stereocenters. The van der Waals surface area contributed by atoms with E-state index in [2.05, 4.69) is 0 Å². The maximum atomic E-state index is 6.59. The molecule has 2 aliphatic carbocycles. The van der Waals surface area contributed by atoms with Gasteiger partial charge >= 0.3 is 0 Å². The fraction of sp³-hybridized carbons (Fsp3) is 0.769. The van der Waals surface area contributed by atoms with E-state index in [1.807, 2.05) is 11.3 Å². The van der Waals surface area contributed by atoms with Crippen molar-refractivity contribution in [3.8, 4) is 0 Å². The van der Waals surface area contributed by atoms with Crippen LogP contribution in [0.4, 0.5) is 0 Å². The third-order valence-electron chi connectivity index (χ3n) is 4.02. The Labute approximate surface area is 101 Å². The summed E-state index contributed by atoms with van der Waals surface area (Å²) in [6.45, 7) is 0. The molecule has 0 atom stereocenters. The van der Waals surface area contributed by atoms with Crippen molar-refractivity contribution in [3.05, 3.63) is 15.6 Å². The number of hydrogen-bond donors (Lipinski definition) is 1. The van der Waals surface area contributed by atoms with Crippen molar-refractivity contribution >= 4 is 11.3 Å². The van der Waals surface area contributed by atoms with E-state index in [-0.39, 0.29) is 5.54 Å². The molecule has 16 heavy (non-hydrogen) atoms. The van der Waals surface area contributed by atoms with Crippen molar-refractivity contribution in [1.82, 2.24) is 4.98 Å². The van der Waals surface area contributed by atoms with Crippen LogP contribution in [-0.2, 0) is 18.4 Å². The third-order valence-corrected chi connectivity index (χ3v) is 5.39. The molecule has 0 bridgehead atoms. The molecule has 0 aromatic carbocycles. The summed E-state index contributed by atoms with van der Waals surface area (Å²) < 4.78 is 0. The number of aromatic nitrogens is 1. The monoisotopic (exact) mass is 236 g/mol. The van der Waals surface area contributed by atoms with Gasteiger partial charge in [-0.25, -0.2) is 4.98 Å². The summed E-state index contributed by atoms with van der Waals surface area (Å²) in [6, 6.07) is 0. The van der Waals surface area contributed by atoms with Gasteiger partial charge in [-0.2, -0.15) is 0 Å². The predicted octanol–water partition coefficient (Wildman–Crippen LogP) is 3.14. The van der Waals surface area contributed by atoms with Gasteiger partial charge in [0.1, 0.15) is 5.01 Å². The van der Waals surface area contributed by atoms with Crippen molar-refractivity contribution in [2.45, 2.75) is 63.3 Å². The first-order chi connectivity index (χ1) is 7.78. The minimum absolute atomic E-state index is 0.0918. The molecular formula is C13H20N2S. The summed E-state index contributed by atoms with van der Waals surface area (Å²) in [5.74, 6) is 0. The van der Waals surface area contributed by atoms with E-state index in [0.29, 0.717) is 0 Å². The molecule has 3 rings (SSSR count). The first-order valence-electron chi connectivity index (χ1n) is 6.56. The van der Waals surface area contributed by atoms with Gasteiger partial charge in [-0.15, -0.1) is 11.3 Å². The van der Waals surface area contributed by atoms with E-state index in [1.165, 1.54) is 60.5 Å². The molecule has 0 radical (unpaired) electrons. The van der Waals surface area contributed by atoms with Crippen LogP contribution >= 0.6 is 11.3 Å². The molecule has 0 amide bonds. The van der Waals surface area contributed by atoms with Crippen LogP contribution in [-0.4, -0.2) is 4.98 Å². The molecule has 88 valence electrons. The van der Waals surface area contributed by atoms with Gasteiger partial charge in [0.2, 0.25) is 0 Å². The predicted molar refractivity (Wildman–Crippen MR) is 67.7 cm³/mol. The Kier molecular flexibility index (Phi) is 2.76. The molecule has 0 aliphatic heterocycles. The zero-order chi connectivity index (χ0) is 11.0. The van der Waals surface area contributed by atoms with Gasteiger partial charge in [0, 0.05) is 4.88 Å². The average molecular weight is 236 g/mol. The number of aryl methyl sites for hydroxylation is 2. The number of nitrogens with zero attached hydrogens (tertiary/aromatic N) is 1. The van der Waals surface area contributed by atoms with Crippen LogP contribution in [0.3, 0.4) is 0 Å². The SMILES string of the molecule is NC1(c2nc3c(s2)CCC3)CCCCCC1. The molecule has 1 aromatic heterocycles. The summed E-state index contributed by atoms with van der Waals surface area (Å²) in [4.78, 5) is 6.34. The van der Waals surface area contributed by atoms with Crippen molar-refractivity contribution in [2.24, 2.45) is 5.73 Å².